The van der Waals surface area contributed by atoms with Gasteiger partial charge in [0, 0.05) is 38.2 Å². The van der Waals surface area contributed by atoms with Crippen LogP contribution in [-0.2, 0) is 20.1 Å². The van der Waals surface area contributed by atoms with Crippen molar-refractivity contribution in [1.82, 2.24) is 38.4 Å². The van der Waals surface area contributed by atoms with E-state index in [0.29, 0.717) is 33.8 Å². The Labute approximate surface area is 222 Å². The summed E-state index contributed by atoms with van der Waals surface area (Å²) in [5.74, 6) is -0.347. The molecule has 0 spiro atoms. The van der Waals surface area contributed by atoms with Crippen LogP contribution < -0.4 is 10.6 Å². The molecule has 0 atom stereocenters. The summed E-state index contributed by atoms with van der Waals surface area (Å²) < 4.78 is 20.8. The number of pyridine rings is 1. The molecule has 6 aromatic rings. The summed E-state index contributed by atoms with van der Waals surface area (Å²) in [6.07, 6.45) is 8.79. The van der Waals surface area contributed by atoms with Crippen LogP contribution in [0.5, 0.6) is 0 Å². The number of nitrogen functional groups attached to an aromatic ring is 1. The van der Waals surface area contributed by atoms with Crippen molar-refractivity contribution in [3.8, 4) is 0 Å². The van der Waals surface area contributed by atoms with Crippen molar-refractivity contribution in [3.05, 3.63) is 83.7 Å². The molecule has 1 amide bonds. The van der Waals surface area contributed by atoms with E-state index in [1.54, 1.807) is 34.7 Å². The molecule has 0 unspecified atom stereocenters. The quantitative estimate of drug-likeness (QED) is 0.354. The fourth-order valence-electron chi connectivity index (χ4n) is 4.86. The van der Waals surface area contributed by atoms with Gasteiger partial charge in [0.05, 0.1) is 46.9 Å². The van der Waals surface area contributed by atoms with Crippen LogP contribution in [-0.4, -0.2) is 58.4 Å². The van der Waals surface area contributed by atoms with E-state index in [-0.39, 0.29) is 17.9 Å². The van der Waals surface area contributed by atoms with Crippen LogP contribution in [0.3, 0.4) is 0 Å². The van der Waals surface area contributed by atoms with Gasteiger partial charge in [-0.05, 0) is 38.7 Å². The van der Waals surface area contributed by atoms with E-state index in [1.165, 1.54) is 17.0 Å². The third-order valence-corrected chi connectivity index (χ3v) is 6.61. The van der Waals surface area contributed by atoms with Gasteiger partial charge in [0.25, 0.3) is 5.91 Å². The van der Waals surface area contributed by atoms with E-state index in [0.717, 1.165) is 17.8 Å². The third kappa shape index (κ3) is 4.34. The first kappa shape index (κ1) is 24.5. The summed E-state index contributed by atoms with van der Waals surface area (Å²) in [5, 5.41) is 4.23. The first-order valence-electron chi connectivity index (χ1n) is 12.3. The summed E-state index contributed by atoms with van der Waals surface area (Å²) in [5.41, 5.74) is 10.5. The number of benzene rings is 1. The van der Waals surface area contributed by atoms with Gasteiger partial charge in [-0.1, -0.05) is 6.07 Å². The monoisotopic (exact) mass is 526 g/mol. The molecule has 1 aromatic carbocycles. The molecule has 12 heteroatoms. The lowest BCUT2D eigenvalue weighted by Crippen LogP contribution is -2.31. The fourth-order valence-corrected chi connectivity index (χ4v) is 4.86. The van der Waals surface area contributed by atoms with Crippen LogP contribution in [0.15, 0.2) is 55.2 Å². The van der Waals surface area contributed by atoms with Crippen LogP contribution in [0.1, 0.15) is 27.4 Å². The topological polar surface area (TPSA) is 115 Å². The van der Waals surface area contributed by atoms with E-state index in [2.05, 4.69) is 20.0 Å². The molecule has 39 heavy (non-hydrogen) atoms. The van der Waals surface area contributed by atoms with Crippen molar-refractivity contribution in [3.63, 3.8) is 0 Å². The Balaban J connectivity index is 1.43. The average Bonchev–Trinajstić information content (AvgIpc) is 3.60. The summed E-state index contributed by atoms with van der Waals surface area (Å²) in [4.78, 5) is 30.9. The predicted octanol–water partition coefficient (Wildman–Crippen LogP) is 3.20. The van der Waals surface area contributed by atoms with Gasteiger partial charge in [-0.25, -0.2) is 19.3 Å². The third-order valence-electron chi connectivity index (χ3n) is 6.61. The van der Waals surface area contributed by atoms with Gasteiger partial charge >= 0.3 is 0 Å². The molecule has 198 valence electrons. The Morgan fingerprint density at radius 3 is 2.62 bits per heavy atom. The van der Waals surface area contributed by atoms with Crippen LogP contribution >= 0.6 is 0 Å². The summed E-state index contributed by atoms with van der Waals surface area (Å²) in [6.45, 7) is 2.72. The van der Waals surface area contributed by atoms with Crippen molar-refractivity contribution in [2.75, 3.05) is 24.7 Å². The first-order chi connectivity index (χ1) is 18.7. The molecule has 0 aliphatic rings. The molecule has 0 saturated carbocycles. The summed E-state index contributed by atoms with van der Waals surface area (Å²) in [6, 6.07) is 6.71. The number of nitrogens with zero attached hydrogens (tertiary/aromatic N) is 9. The van der Waals surface area contributed by atoms with E-state index < -0.39 is 11.7 Å². The zero-order valence-corrected chi connectivity index (χ0v) is 22.0. The number of amides is 1. The molecule has 0 aliphatic heterocycles. The molecular weight excluding hydrogens is 499 g/mol. The van der Waals surface area contributed by atoms with Gasteiger partial charge in [0.1, 0.15) is 28.6 Å². The molecule has 6 rings (SSSR count). The second-order valence-electron chi connectivity index (χ2n) is 9.88. The maximum absolute atomic E-state index is 15.5. The number of carbonyl (C=O) groups excluding carboxylic acids is 1. The maximum Gasteiger partial charge on any atom is 0.261 e. The Hall–Kier alpha value is -4.84. The molecule has 5 aromatic heterocycles. The fraction of sp³-hybridized carbons (Fsp3) is 0.222. The van der Waals surface area contributed by atoms with E-state index >= 15 is 4.39 Å². The minimum atomic E-state index is -0.700. The Morgan fingerprint density at radius 1 is 1.05 bits per heavy atom. The lowest BCUT2D eigenvalue weighted by atomic mass is 10.1. The van der Waals surface area contributed by atoms with Crippen molar-refractivity contribution < 1.29 is 9.18 Å². The normalized spacial score (nSPS) is 11.8. The number of fused-ring (bicyclic) bond motifs is 4. The van der Waals surface area contributed by atoms with Gasteiger partial charge in [0.15, 0.2) is 0 Å². The number of aromatic nitrogens is 7. The zero-order chi connectivity index (χ0) is 27.4. The highest BCUT2D eigenvalue weighted by Gasteiger charge is 2.25. The molecular formula is C27H27FN10O. The molecule has 11 nitrogen and oxygen atoms in total. The molecule has 0 saturated heterocycles. The number of hydrogen-bond acceptors (Lipinski definition) is 7. The lowest BCUT2D eigenvalue weighted by molar-refractivity contribution is 0.0981. The Morgan fingerprint density at radius 2 is 1.87 bits per heavy atom. The molecule has 0 fully saturated rings. The van der Waals surface area contributed by atoms with E-state index in [4.69, 9.17) is 10.7 Å². The van der Waals surface area contributed by atoms with E-state index in [9.17, 15) is 4.79 Å². The van der Waals surface area contributed by atoms with Gasteiger partial charge in [-0.2, -0.15) is 5.10 Å². The Bertz CT molecular complexity index is 1880. The number of halogens is 1. The highest BCUT2D eigenvalue weighted by atomic mass is 19.1. The number of anilines is 2. The number of hydrogen-bond donors (Lipinski definition) is 1. The molecule has 0 radical (unpaired) electrons. The van der Waals surface area contributed by atoms with Gasteiger partial charge in [0.2, 0.25) is 0 Å². The molecule has 0 bridgehead atoms. The van der Waals surface area contributed by atoms with Crippen molar-refractivity contribution in [1.29, 1.82) is 0 Å². The van der Waals surface area contributed by atoms with Gasteiger partial charge in [-0.3, -0.25) is 18.8 Å². The van der Waals surface area contributed by atoms with Gasteiger partial charge < -0.3 is 15.0 Å². The standard InChI is InChI=1S/C27H27FN10O/c1-16-30-10-24-26(29)33-22-8-21(28)20(7-23(22)38(16)24)27(39)37(19-9-31-35(4)15-19)14-18-13-36-12-17(11-34(2)3)5-6-25(36)32-18/h5-10,12-13,15H,11,14H2,1-4H3,(H2,29,33). The minimum Gasteiger partial charge on any atom is -0.382 e. The summed E-state index contributed by atoms with van der Waals surface area (Å²) >= 11 is 0. The van der Waals surface area contributed by atoms with Crippen molar-refractivity contribution in [2.24, 2.45) is 7.05 Å². The predicted molar refractivity (Wildman–Crippen MR) is 146 cm³/mol. The number of imidazole rings is 2. The van der Waals surface area contributed by atoms with Crippen LogP contribution in [0.2, 0.25) is 0 Å². The molecule has 2 N–H and O–H groups in total. The number of rotatable bonds is 6. The number of aryl methyl sites for hydroxylation is 2. The van der Waals surface area contributed by atoms with Gasteiger partial charge in [-0.15, -0.1) is 0 Å². The second kappa shape index (κ2) is 9.17. The molecule has 0 aliphatic carbocycles. The maximum atomic E-state index is 15.5. The Kier molecular flexibility index (Phi) is 5.76. The number of nitrogens with two attached hydrogens (primary N) is 1. The SMILES string of the molecule is Cc1ncc2c(N)nc3cc(F)c(C(=O)N(Cc4cn5cc(CN(C)C)ccc5n4)c4cnn(C)c4)cc3n12. The average molecular weight is 527 g/mol. The summed E-state index contributed by atoms with van der Waals surface area (Å²) in [7, 11) is 5.78. The second-order valence-corrected chi connectivity index (χ2v) is 9.88. The van der Waals surface area contributed by atoms with Crippen LogP contribution in [0.4, 0.5) is 15.9 Å². The smallest absolute Gasteiger partial charge is 0.261 e. The largest absolute Gasteiger partial charge is 0.382 e. The lowest BCUT2D eigenvalue weighted by Gasteiger charge is -2.21. The van der Waals surface area contributed by atoms with Crippen LogP contribution in [0.25, 0.3) is 22.2 Å². The highest BCUT2D eigenvalue weighted by Crippen LogP contribution is 2.27. The van der Waals surface area contributed by atoms with Crippen LogP contribution in [0, 0.1) is 12.7 Å². The number of carbonyl (C=O) groups is 1. The highest BCUT2D eigenvalue weighted by molar-refractivity contribution is 6.07. The first-order valence-corrected chi connectivity index (χ1v) is 12.3. The van der Waals surface area contributed by atoms with Crippen molar-refractivity contribution >= 4 is 39.6 Å². The zero-order valence-electron chi connectivity index (χ0n) is 22.0. The molecule has 5 heterocycles. The minimum absolute atomic E-state index is 0.107. The van der Waals surface area contributed by atoms with Crippen molar-refractivity contribution in [2.45, 2.75) is 20.0 Å². The van der Waals surface area contributed by atoms with E-state index in [1.807, 2.05) is 49.9 Å².